The second-order valence-electron chi connectivity index (χ2n) is 6.60. The summed E-state index contributed by atoms with van der Waals surface area (Å²) in [5.41, 5.74) is 0.0904. The third-order valence-electron chi connectivity index (χ3n) is 4.98. The van der Waals surface area contributed by atoms with Gasteiger partial charge in [-0.1, -0.05) is 13.0 Å². The number of carbonyl (C=O) groups is 1. The van der Waals surface area contributed by atoms with Gasteiger partial charge in [-0.15, -0.1) is 0 Å². The fourth-order valence-corrected chi connectivity index (χ4v) is 3.70. The summed E-state index contributed by atoms with van der Waals surface area (Å²) in [6.45, 7) is 4.64. The smallest absolute Gasteiger partial charge is 0.226 e. The number of carbonyl (C=O) groups excluding carboxylic acids is 1. The average molecular weight is 322 g/mol. The van der Waals surface area contributed by atoms with E-state index in [0.29, 0.717) is 6.42 Å². The Bertz CT molecular complexity index is 552. The van der Waals surface area contributed by atoms with Gasteiger partial charge in [-0.2, -0.15) is 0 Å². The van der Waals surface area contributed by atoms with Gasteiger partial charge in [0.2, 0.25) is 5.91 Å². The minimum Gasteiger partial charge on any atom is -0.339 e. The normalized spacial score (nSPS) is 24.5. The van der Waals surface area contributed by atoms with Crippen molar-refractivity contribution < 1.29 is 13.6 Å². The molecule has 1 heterocycles. The Kier molecular flexibility index (Phi) is 4.95. The van der Waals surface area contributed by atoms with Crippen molar-refractivity contribution in [3.63, 3.8) is 0 Å². The molecule has 1 aliphatic heterocycles. The zero-order valence-corrected chi connectivity index (χ0v) is 13.5. The molecule has 3 rings (SSSR count). The molecular formula is C18H24F2N2O. The van der Waals surface area contributed by atoms with Gasteiger partial charge in [0.25, 0.3) is 0 Å². The van der Waals surface area contributed by atoms with Crippen molar-refractivity contribution in [3.8, 4) is 0 Å². The van der Waals surface area contributed by atoms with Gasteiger partial charge in [-0.3, -0.25) is 4.79 Å². The highest BCUT2D eigenvalue weighted by Gasteiger charge is 2.48. The number of rotatable bonds is 5. The van der Waals surface area contributed by atoms with E-state index < -0.39 is 11.6 Å². The van der Waals surface area contributed by atoms with Crippen LogP contribution in [0.25, 0.3) is 0 Å². The number of halogens is 2. The molecule has 1 amide bonds. The molecule has 126 valence electrons. The molecule has 1 saturated carbocycles. The Morgan fingerprint density at radius 3 is 2.52 bits per heavy atom. The number of amides is 1. The molecule has 2 fully saturated rings. The van der Waals surface area contributed by atoms with E-state index in [-0.39, 0.29) is 29.3 Å². The zero-order chi connectivity index (χ0) is 16.4. The van der Waals surface area contributed by atoms with E-state index in [1.807, 2.05) is 4.90 Å². The molecule has 1 aromatic carbocycles. The first-order valence-electron chi connectivity index (χ1n) is 8.58. The fraction of sp³-hybridized carbons (Fsp3) is 0.611. The maximum Gasteiger partial charge on any atom is 0.226 e. The molecule has 0 bridgehead atoms. The summed E-state index contributed by atoms with van der Waals surface area (Å²) in [7, 11) is 0. The second kappa shape index (κ2) is 6.95. The van der Waals surface area contributed by atoms with E-state index in [9.17, 15) is 13.6 Å². The molecule has 5 heteroatoms. The first-order chi connectivity index (χ1) is 11.1. The summed E-state index contributed by atoms with van der Waals surface area (Å²) in [6.07, 6.45) is 3.37. The van der Waals surface area contributed by atoms with E-state index in [2.05, 4.69) is 12.2 Å². The molecule has 23 heavy (non-hydrogen) atoms. The Morgan fingerprint density at radius 1 is 1.26 bits per heavy atom. The van der Waals surface area contributed by atoms with Crippen molar-refractivity contribution in [2.45, 2.75) is 44.6 Å². The van der Waals surface area contributed by atoms with Gasteiger partial charge in [-0.25, -0.2) is 8.78 Å². The molecular weight excluding hydrogens is 298 g/mol. The summed E-state index contributed by atoms with van der Waals surface area (Å²) in [6, 6.07) is 4.17. The highest BCUT2D eigenvalue weighted by molar-refractivity contribution is 5.83. The standard InChI is InChI=1S/C18H24F2N2O/c1-2-10-22(12-6-8-21-9-7-12)18(23)14-11-13(14)17-15(19)4-3-5-16(17)20/h3-5,12-14,21H,2,6-11H2,1H3. The molecule has 0 spiro atoms. The van der Waals surface area contributed by atoms with Crippen LogP contribution in [0.1, 0.15) is 44.1 Å². The van der Waals surface area contributed by atoms with Crippen LogP contribution in [0, 0.1) is 17.6 Å². The van der Waals surface area contributed by atoms with Crippen molar-refractivity contribution in [2.75, 3.05) is 19.6 Å². The van der Waals surface area contributed by atoms with Gasteiger partial charge >= 0.3 is 0 Å². The summed E-state index contributed by atoms with van der Waals surface area (Å²) in [5.74, 6) is -1.55. The summed E-state index contributed by atoms with van der Waals surface area (Å²) in [5, 5.41) is 3.31. The number of hydrogen-bond donors (Lipinski definition) is 1. The first kappa shape index (κ1) is 16.4. The number of piperidine rings is 1. The molecule has 2 unspecified atom stereocenters. The second-order valence-corrected chi connectivity index (χ2v) is 6.60. The van der Waals surface area contributed by atoms with Gasteiger partial charge in [0, 0.05) is 30.0 Å². The fourth-order valence-electron chi connectivity index (χ4n) is 3.70. The Balaban J connectivity index is 1.72. The number of benzene rings is 1. The molecule has 1 saturated heterocycles. The van der Waals surface area contributed by atoms with Gasteiger partial charge in [0.05, 0.1) is 0 Å². The molecule has 0 aromatic heterocycles. The lowest BCUT2D eigenvalue weighted by Gasteiger charge is -2.35. The van der Waals surface area contributed by atoms with Gasteiger partial charge in [0.1, 0.15) is 11.6 Å². The molecule has 1 aliphatic carbocycles. The van der Waals surface area contributed by atoms with Crippen LogP contribution in [0.15, 0.2) is 18.2 Å². The minimum atomic E-state index is -0.533. The van der Waals surface area contributed by atoms with Crippen molar-refractivity contribution in [1.29, 1.82) is 0 Å². The molecule has 2 aliphatic rings. The zero-order valence-electron chi connectivity index (χ0n) is 13.5. The van der Waals surface area contributed by atoms with Gasteiger partial charge in [-0.05, 0) is 50.9 Å². The van der Waals surface area contributed by atoms with Crippen LogP contribution in [0.3, 0.4) is 0 Å². The minimum absolute atomic E-state index is 0.0754. The third kappa shape index (κ3) is 3.39. The van der Waals surface area contributed by atoms with Crippen LogP contribution < -0.4 is 5.32 Å². The van der Waals surface area contributed by atoms with Crippen LogP contribution in [-0.2, 0) is 4.79 Å². The van der Waals surface area contributed by atoms with E-state index in [0.717, 1.165) is 38.9 Å². The van der Waals surface area contributed by atoms with Crippen molar-refractivity contribution >= 4 is 5.91 Å². The Morgan fingerprint density at radius 2 is 1.91 bits per heavy atom. The molecule has 0 radical (unpaired) electrons. The van der Waals surface area contributed by atoms with Crippen LogP contribution in [0.4, 0.5) is 8.78 Å². The summed E-state index contributed by atoms with van der Waals surface area (Å²) >= 11 is 0. The van der Waals surface area contributed by atoms with Crippen molar-refractivity contribution in [1.82, 2.24) is 10.2 Å². The average Bonchev–Trinajstić information content (AvgIpc) is 3.33. The predicted octanol–water partition coefficient (Wildman–Crippen LogP) is 3.06. The molecule has 3 nitrogen and oxygen atoms in total. The largest absolute Gasteiger partial charge is 0.339 e. The molecule has 2 atom stereocenters. The highest BCUT2D eigenvalue weighted by atomic mass is 19.1. The quantitative estimate of drug-likeness (QED) is 0.903. The van der Waals surface area contributed by atoms with Crippen LogP contribution in [0.5, 0.6) is 0 Å². The van der Waals surface area contributed by atoms with Crippen LogP contribution in [-0.4, -0.2) is 36.5 Å². The highest BCUT2D eigenvalue weighted by Crippen LogP contribution is 2.50. The molecule has 1 aromatic rings. The van der Waals surface area contributed by atoms with Gasteiger partial charge in [0.15, 0.2) is 0 Å². The van der Waals surface area contributed by atoms with Crippen LogP contribution >= 0.6 is 0 Å². The SMILES string of the molecule is CCCN(C(=O)C1CC1c1c(F)cccc1F)C1CCNCC1. The summed E-state index contributed by atoms with van der Waals surface area (Å²) < 4.78 is 27.8. The predicted molar refractivity (Wildman–Crippen MR) is 85.1 cm³/mol. The maximum atomic E-state index is 13.9. The topological polar surface area (TPSA) is 32.3 Å². The Hall–Kier alpha value is -1.49. The number of nitrogens with zero attached hydrogens (tertiary/aromatic N) is 1. The maximum absolute atomic E-state index is 13.9. The number of nitrogens with one attached hydrogen (secondary N) is 1. The Labute approximate surface area is 136 Å². The lowest BCUT2D eigenvalue weighted by Crippen LogP contribution is -2.47. The van der Waals surface area contributed by atoms with Crippen molar-refractivity contribution in [3.05, 3.63) is 35.4 Å². The lowest BCUT2D eigenvalue weighted by molar-refractivity contribution is -0.135. The van der Waals surface area contributed by atoms with E-state index >= 15 is 0 Å². The third-order valence-corrected chi connectivity index (χ3v) is 4.98. The van der Waals surface area contributed by atoms with E-state index in [1.165, 1.54) is 18.2 Å². The molecule has 1 N–H and O–H groups in total. The van der Waals surface area contributed by atoms with Crippen molar-refractivity contribution in [2.24, 2.45) is 5.92 Å². The van der Waals surface area contributed by atoms with E-state index in [1.54, 1.807) is 0 Å². The van der Waals surface area contributed by atoms with Gasteiger partial charge < -0.3 is 10.2 Å². The lowest BCUT2D eigenvalue weighted by atomic mass is 10.0. The monoisotopic (exact) mass is 322 g/mol. The van der Waals surface area contributed by atoms with E-state index in [4.69, 9.17) is 0 Å². The van der Waals surface area contributed by atoms with Crippen LogP contribution in [0.2, 0.25) is 0 Å². The number of hydrogen-bond acceptors (Lipinski definition) is 2. The first-order valence-corrected chi connectivity index (χ1v) is 8.58. The summed E-state index contributed by atoms with van der Waals surface area (Å²) in [4.78, 5) is 14.8.